The third-order valence-electron chi connectivity index (χ3n) is 4.69. The third kappa shape index (κ3) is 3.72. The molecule has 114 valence electrons. The Morgan fingerprint density at radius 3 is 2.65 bits per heavy atom. The summed E-state index contributed by atoms with van der Waals surface area (Å²) in [5.74, 6) is -0.0285. The molecule has 2 atom stereocenters. The molecular weight excluding hydrogens is 258 g/mol. The molecule has 1 heterocycles. The van der Waals surface area contributed by atoms with Crippen LogP contribution in [-0.4, -0.2) is 47.7 Å². The number of amides is 1. The second-order valence-electron chi connectivity index (χ2n) is 6.10. The highest BCUT2D eigenvalue weighted by atomic mass is 16.5. The second-order valence-corrected chi connectivity index (χ2v) is 6.10. The first-order chi connectivity index (χ1) is 9.59. The van der Waals surface area contributed by atoms with Crippen LogP contribution in [0.3, 0.4) is 0 Å². The number of nitrogens with zero attached hydrogens (tertiary/aromatic N) is 1. The molecule has 1 saturated heterocycles. The highest BCUT2D eigenvalue weighted by molar-refractivity contribution is 5.84. The zero-order valence-electron chi connectivity index (χ0n) is 12.2. The van der Waals surface area contributed by atoms with Gasteiger partial charge >= 0.3 is 5.97 Å². The van der Waals surface area contributed by atoms with E-state index in [1.54, 1.807) is 0 Å². The lowest BCUT2D eigenvalue weighted by atomic mass is 9.79. The number of carboxylic acids is 1. The third-order valence-corrected chi connectivity index (χ3v) is 4.69. The van der Waals surface area contributed by atoms with Crippen LogP contribution in [0.15, 0.2) is 0 Å². The predicted octanol–water partition coefficient (Wildman–Crippen LogP) is 1.90. The van der Waals surface area contributed by atoms with Crippen molar-refractivity contribution in [1.29, 1.82) is 0 Å². The maximum absolute atomic E-state index is 12.4. The minimum Gasteiger partial charge on any atom is -0.480 e. The number of hydrogen-bond donors (Lipinski definition) is 1. The molecule has 0 aromatic carbocycles. The smallest absolute Gasteiger partial charge is 0.328 e. The first kappa shape index (κ1) is 15.3. The van der Waals surface area contributed by atoms with Gasteiger partial charge < -0.3 is 14.7 Å². The van der Waals surface area contributed by atoms with Crippen molar-refractivity contribution in [3.8, 4) is 0 Å². The summed E-state index contributed by atoms with van der Waals surface area (Å²) in [4.78, 5) is 25.0. The molecule has 1 aliphatic carbocycles. The van der Waals surface area contributed by atoms with Gasteiger partial charge in [-0.2, -0.15) is 0 Å². The Morgan fingerprint density at radius 2 is 2.00 bits per heavy atom. The van der Waals surface area contributed by atoms with Crippen molar-refractivity contribution in [1.82, 2.24) is 4.90 Å². The van der Waals surface area contributed by atoms with E-state index in [0.29, 0.717) is 31.4 Å². The molecule has 1 saturated carbocycles. The molecule has 0 spiro atoms. The molecular formula is C15H25NO4. The number of carboxylic acid groups (broad SMARTS) is 1. The molecule has 2 aliphatic rings. The van der Waals surface area contributed by atoms with E-state index in [9.17, 15) is 9.59 Å². The largest absolute Gasteiger partial charge is 0.480 e. The molecule has 2 fully saturated rings. The molecule has 1 N–H and O–H groups in total. The lowest BCUT2D eigenvalue weighted by Crippen LogP contribution is -2.53. The SMILES string of the molecule is CC(CC(=O)N1CCOCC1C(=O)O)C1CCCCC1. The van der Waals surface area contributed by atoms with Crippen molar-refractivity contribution in [2.24, 2.45) is 11.8 Å². The zero-order chi connectivity index (χ0) is 14.5. The first-order valence-electron chi connectivity index (χ1n) is 7.69. The molecule has 5 heteroatoms. The first-order valence-corrected chi connectivity index (χ1v) is 7.69. The van der Waals surface area contributed by atoms with Gasteiger partial charge in [0.1, 0.15) is 0 Å². The molecule has 2 unspecified atom stereocenters. The van der Waals surface area contributed by atoms with Crippen molar-refractivity contribution in [2.75, 3.05) is 19.8 Å². The molecule has 0 aromatic rings. The van der Waals surface area contributed by atoms with Gasteiger partial charge in [-0.15, -0.1) is 0 Å². The van der Waals surface area contributed by atoms with E-state index < -0.39 is 12.0 Å². The van der Waals surface area contributed by atoms with E-state index in [4.69, 9.17) is 9.84 Å². The van der Waals surface area contributed by atoms with Crippen molar-refractivity contribution < 1.29 is 19.4 Å². The van der Waals surface area contributed by atoms with E-state index in [-0.39, 0.29) is 12.5 Å². The summed E-state index contributed by atoms with van der Waals surface area (Å²) in [7, 11) is 0. The molecule has 1 aliphatic heterocycles. The Kier molecular flexibility index (Phi) is 5.40. The minimum absolute atomic E-state index is 0.0289. The summed E-state index contributed by atoms with van der Waals surface area (Å²) >= 11 is 0. The minimum atomic E-state index is -0.969. The monoisotopic (exact) mass is 283 g/mol. The van der Waals surface area contributed by atoms with Gasteiger partial charge in [-0.25, -0.2) is 4.79 Å². The van der Waals surface area contributed by atoms with Crippen LogP contribution in [0.5, 0.6) is 0 Å². The highest BCUT2D eigenvalue weighted by Gasteiger charge is 2.34. The lowest BCUT2D eigenvalue weighted by molar-refractivity contribution is -0.158. The van der Waals surface area contributed by atoms with Gasteiger partial charge in [-0.05, 0) is 11.8 Å². The maximum atomic E-state index is 12.4. The van der Waals surface area contributed by atoms with Crippen LogP contribution in [0.1, 0.15) is 45.4 Å². The number of aliphatic carboxylic acids is 1. The zero-order valence-corrected chi connectivity index (χ0v) is 12.2. The van der Waals surface area contributed by atoms with E-state index in [2.05, 4.69) is 6.92 Å². The predicted molar refractivity (Wildman–Crippen MR) is 74.3 cm³/mol. The van der Waals surface area contributed by atoms with Crippen molar-refractivity contribution in [3.05, 3.63) is 0 Å². The fourth-order valence-electron chi connectivity index (χ4n) is 3.37. The molecule has 0 radical (unpaired) electrons. The topological polar surface area (TPSA) is 66.8 Å². The molecule has 20 heavy (non-hydrogen) atoms. The Hall–Kier alpha value is -1.10. The van der Waals surface area contributed by atoms with Crippen LogP contribution in [0.2, 0.25) is 0 Å². The summed E-state index contributed by atoms with van der Waals surface area (Å²) in [6.07, 6.45) is 6.72. The van der Waals surface area contributed by atoms with Gasteiger partial charge in [-0.1, -0.05) is 39.0 Å². The molecule has 0 bridgehead atoms. The molecule has 2 rings (SSSR count). The van der Waals surface area contributed by atoms with Crippen LogP contribution >= 0.6 is 0 Å². The van der Waals surface area contributed by atoms with Crippen LogP contribution in [0.25, 0.3) is 0 Å². The fourth-order valence-corrected chi connectivity index (χ4v) is 3.37. The van der Waals surface area contributed by atoms with E-state index in [1.165, 1.54) is 37.0 Å². The van der Waals surface area contributed by atoms with Crippen molar-refractivity contribution in [2.45, 2.75) is 51.5 Å². The quantitative estimate of drug-likeness (QED) is 0.855. The number of rotatable bonds is 4. The summed E-state index contributed by atoms with van der Waals surface area (Å²) in [6, 6.07) is -0.810. The average Bonchev–Trinajstić information content (AvgIpc) is 2.48. The van der Waals surface area contributed by atoms with Gasteiger partial charge in [0.2, 0.25) is 5.91 Å². The Morgan fingerprint density at radius 1 is 1.30 bits per heavy atom. The summed E-state index contributed by atoms with van der Waals surface area (Å²) in [5, 5.41) is 9.17. The number of morpholine rings is 1. The highest BCUT2D eigenvalue weighted by Crippen LogP contribution is 2.32. The van der Waals surface area contributed by atoms with Gasteiger partial charge in [0, 0.05) is 13.0 Å². The Balaban J connectivity index is 1.90. The van der Waals surface area contributed by atoms with Gasteiger partial charge in [0.05, 0.1) is 13.2 Å². The standard InChI is InChI=1S/C15H25NO4/c1-11(12-5-3-2-4-6-12)9-14(17)16-7-8-20-10-13(16)15(18)19/h11-13H,2-10H2,1H3,(H,18,19). The molecule has 1 amide bonds. The van der Waals surface area contributed by atoms with E-state index in [1.807, 2.05) is 0 Å². The Bertz CT molecular complexity index is 352. The van der Waals surface area contributed by atoms with Gasteiger partial charge in [0.25, 0.3) is 0 Å². The number of ether oxygens (including phenoxy) is 1. The van der Waals surface area contributed by atoms with Crippen LogP contribution in [0.4, 0.5) is 0 Å². The van der Waals surface area contributed by atoms with Crippen LogP contribution in [0, 0.1) is 11.8 Å². The average molecular weight is 283 g/mol. The number of carbonyl (C=O) groups is 2. The summed E-state index contributed by atoms with van der Waals surface area (Å²) in [6.45, 7) is 3.07. The fraction of sp³-hybridized carbons (Fsp3) is 0.867. The van der Waals surface area contributed by atoms with E-state index >= 15 is 0 Å². The summed E-state index contributed by atoms with van der Waals surface area (Å²) < 4.78 is 5.17. The van der Waals surface area contributed by atoms with Crippen molar-refractivity contribution in [3.63, 3.8) is 0 Å². The van der Waals surface area contributed by atoms with Gasteiger partial charge in [-0.3, -0.25) is 4.79 Å². The van der Waals surface area contributed by atoms with Crippen molar-refractivity contribution >= 4 is 11.9 Å². The van der Waals surface area contributed by atoms with Crippen LogP contribution in [-0.2, 0) is 14.3 Å². The molecule has 5 nitrogen and oxygen atoms in total. The van der Waals surface area contributed by atoms with Gasteiger partial charge in [0.15, 0.2) is 6.04 Å². The maximum Gasteiger partial charge on any atom is 0.328 e. The van der Waals surface area contributed by atoms with Crippen LogP contribution < -0.4 is 0 Å². The lowest BCUT2D eigenvalue weighted by Gasteiger charge is -2.35. The summed E-state index contributed by atoms with van der Waals surface area (Å²) in [5.41, 5.74) is 0. The second kappa shape index (κ2) is 7.07. The molecule has 0 aromatic heterocycles. The normalized spacial score (nSPS) is 26.2. The van der Waals surface area contributed by atoms with E-state index in [0.717, 1.165) is 0 Å². The Labute approximate surface area is 120 Å². The number of carbonyl (C=O) groups excluding carboxylic acids is 1. The number of hydrogen-bond acceptors (Lipinski definition) is 3.